The molecule has 0 aliphatic carbocycles. The van der Waals surface area contributed by atoms with E-state index in [2.05, 4.69) is 5.32 Å². The van der Waals surface area contributed by atoms with Crippen LogP contribution in [0.3, 0.4) is 0 Å². The maximum Gasteiger partial charge on any atom is 0.260 e. The number of nitrogens with zero attached hydrogens (tertiary/aromatic N) is 1. The standard InChI is InChI=1S/C21H26N2O4/c1-5-26-18-8-6-7-9-19(18)27-14-21(25)23(4)13-20(24)22-17-12-15(2)10-11-16(17)3/h6-12H,5,13-14H2,1-4H3,(H,22,24). The van der Waals surface area contributed by atoms with Gasteiger partial charge in [-0.3, -0.25) is 9.59 Å². The summed E-state index contributed by atoms with van der Waals surface area (Å²) < 4.78 is 11.0. The molecule has 0 unspecified atom stereocenters. The highest BCUT2D eigenvalue weighted by Gasteiger charge is 2.15. The Morgan fingerprint density at radius 3 is 2.37 bits per heavy atom. The number of hydrogen-bond donors (Lipinski definition) is 1. The lowest BCUT2D eigenvalue weighted by molar-refractivity contribution is -0.135. The van der Waals surface area contributed by atoms with E-state index in [1.165, 1.54) is 4.90 Å². The molecule has 6 nitrogen and oxygen atoms in total. The zero-order valence-electron chi connectivity index (χ0n) is 16.2. The largest absolute Gasteiger partial charge is 0.490 e. The number of benzene rings is 2. The molecule has 2 aromatic carbocycles. The molecule has 0 spiro atoms. The fraction of sp³-hybridized carbons (Fsp3) is 0.333. The number of likely N-dealkylation sites (N-methyl/N-ethyl adjacent to an activating group) is 1. The van der Waals surface area contributed by atoms with E-state index in [0.29, 0.717) is 18.1 Å². The molecular formula is C21H26N2O4. The van der Waals surface area contributed by atoms with Crippen molar-refractivity contribution in [2.75, 3.05) is 32.1 Å². The van der Waals surface area contributed by atoms with Crippen molar-refractivity contribution in [1.29, 1.82) is 0 Å². The van der Waals surface area contributed by atoms with Crippen LogP contribution < -0.4 is 14.8 Å². The first-order chi connectivity index (χ1) is 12.9. The minimum Gasteiger partial charge on any atom is -0.490 e. The highest BCUT2D eigenvalue weighted by atomic mass is 16.5. The van der Waals surface area contributed by atoms with Crippen LogP contribution in [0.25, 0.3) is 0 Å². The van der Waals surface area contributed by atoms with E-state index in [1.54, 1.807) is 19.2 Å². The average Bonchev–Trinajstić information content (AvgIpc) is 2.64. The summed E-state index contributed by atoms with van der Waals surface area (Å²) in [5, 5.41) is 2.84. The van der Waals surface area contributed by atoms with E-state index >= 15 is 0 Å². The maximum atomic E-state index is 12.3. The minimum absolute atomic E-state index is 0.0529. The van der Waals surface area contributed by atoms with Crippen LogP contribution in [0.1, 0.15) is 18.1 Å². The molecule has 0 atom stereocenters. The van der Waals surface area contributed by atoms with Gasteiger partial charge in [0.25, 0.3) is 5.91 Å². The third-order valence-electron chi connectivity index (χ3n) is 3.97. The molecule has 1 N–H and O–H groups in total. The van der Waals surface area contributed by atoms with Crippen LogP contribution in [-0.4, -0.2) is 43.5 Å². The Morgan fingerprint density at radius 1 is 1.04 bits per heavy atom. The van der Waals surface area contributed by atoms with Crippen LogP contribution in [0.4, 0.5) is 5.69 Å². The monoisotopic (exact) mass is 370 g/mol. The van der Waals surface area contributed by atoms with Crippen molar-refractivity contribution in [3.8, 4) is 11.5 Å². The molecular weight excluding hydrogens is 344 g/mol. The van der Waals surface area contributed by atoms with Crippen molar-refractivity contribution in [3.05, 3.63) is 53.6 Å². The second-order valence-electron chi connectivity index (χ2n) is 6.28. The molecule has 2 aromatic rings. The van der Waals surface area contributed by atoms with Gasteiger partial charge in [-0.2, -0.15) is 0 Å². The Morgan fingerprint density at radius 2 is 1.70 bits per heavy atom. The lowest BCUT2D eigenvalue weighted by atomic mass is 10.1. The number of rotatable bonds is 8. The predicted octanol–water partition coefficient (Wildman–Crippen LogP) is 3.18. The summed E-state index contributed by atoms with van der Waals surface area (Å²) >= 11 is 0. The number of para-hydroxylation sites is 2. The van der Waals surface area contributed by atoms with Crippen molar-refractivity contribution in [3.63, 3.8) is 0 Å². The Bertz CT molecular complexity index is 805. The van der Waals surface area contributed by atoms with Crippen molar-refractivity contribution in [2.24, 2.45) is 0 Å². The van der Waals surface area contributed by atoms with Gasteiger partial charge < -0.3 is 19.7 Å². The normalized spacial score (nSPS) is 10.2. The van der Waals surface area contributed by atoms with Crippen LogP contribution in [-0.2, 0) is 9.59 Å². The lowest BCUT2D eigenvalue weighted by Gasteiger charge is -2.18. The summed E-state index contributed by atoms with van der Waals surface area (Å²) in [6.45, 7) is 6.05. The fourth-order valence-electron chi connectivity index (χ4n) is 2.46. The smallest absolute Gasteiger partial charge is 0.260 e. The van der Waals surface area contributed by atoms with Gasteiger partial charge in [0.1, 0.15) is 0 Å². The van der Waals surface area contributed by atoms with Gasteiger partial charge in [-0.25, -0.2) is 0 Å². The van der Waals surface area contributed by atoms with Gasteiger partial charge in [-0.1, -0.05) is 24.3 Å². The molecule has 0 aliphatic heterocycles. The Balaban J connectivity index is 1.88. The zero-order chi connectivity index (χ0) is 19.8. The number of carbonyl (C=O) groups excluding carboxylic acids is 2. The fourth-order valence-corrected chi connectivity index (χ4v) is 2.46. The van der Waals surface area contributed by atoms with Crippen LogP contribution in [0.5, 0.6) is 11.5 Å². The van der Waals surface area contributed by atoms with Crippen molar-refractivity contribution in [2.45, 2.75) is 20.8 Å². The zero-order valence-corrected chi connectivity index (χ0v) is 16.2. The van der Waals surface area contributed by atoms with Gasteiger partial charge in [-0.05, 0) is 50.1 Å². The molecule has 0 aliphatic rings. The van der Waals surface area contributed by atoms with E-state index < -0.39 is 0 Å². The topological polar surface area (TPSA) is 67.9 Å². The number of aryl methyl sites for hydroxylation is 2. The van der Waals surface area contributed by atoms with E-state index in [9.17, 15) is 9.59 Å². The quantitative estimate of drug-likeness (QED) is 0.775. The molecule has 0 saturated carbocycles. The van der Waals surface area contributed by atoms with Crippen molar-refractivity contribution >= 4 is 17.5 Å². The lowest BCUT2D eigenvalue weighted by Crippen LogP contribution is -2.37. The van der Waals surface area contributed by atoms with E-state index in [-0.39, 0.29) is 25.0 Å². The highest BCUT2D eigenvalue weighted by Crippen LogP contribution is 2.26. The van der Waals surface area contributed by atoms with Crippen LogP contribution in [0.2, 0.25) is 0 Å². The SMILES string of the molecule is CCOc1ccccc1OCC(=O)N(C)CC(=O)Nc1cc(C)ccc1C. The van der Waals surface area contributed by atoms with Gasteiger partial charge in [0.05, 0.1) is 13.2 Å². The predicted molar refractivity (Wildman–Crippen MR) is 105 cm³/mol. The van der Waals surface area contributed by atoms with Gasteiger partial charge >= 0.3 is 0 Å². The Hall–Kier alpha value is -3.02. The Labute approximate surface area is 160 Å². The molecule has 0 radical (unpaired) electrons. The molecule has 6 heteroatoms. The summed E-state index contributed by atoms with van der Waals surface area (Å²) in [6.07, 6.45) is 0. The van der Waals surface area contributed by atoms with Gasteiger partial charge in [0.15, 0.2) is 18.1 Å². The highest BCUT2D eigenvalue weighted by molar-refractivity contribution is 5.95. The molecule has 2 amide bonds. The molecule has 144 valence electrons. The molecule has 2 rings (SSSR count). The summed E-state index contributed by atoms with van der Waals surface area (Å²) in [7, 11) is 1.57. The number of carbonyl (C=O) groups is 2. The van der Waals surface area contributed by atoms with Gasteiger partial charge in [0.2, 0.25) is 5.91 Å². The summed E-state index contributed by atoms with van der Waals surface area (Å²) in [6, 6.07) is 13.0. The number of hydrogen-bond acceptors (Lipinski definition) is 4. The van der Waals surface area contributed by atoms with Gasteiger partial charge in [0, 0.05) is 12.7 Å². The number of nitrogens with one attached hydrogen (secondary N) is 1. The van der Waals surface area contributed by atoms with E-state index in [0.717, 1.165) is 16.8 Å². The first kappa shape index (κ1) is 20.3. The second kappa shape index (κ2) is 9.62. The van der Waals surface area contributed by atoms with Gasteiger partial charge in [-0.15, -0.1) is 0 Å². The summed E-state index contributed by atoms with van der Waals surface area (Å²) in [4.78, 5) is 25.9. The first-order valence-electron chi connectivity index (χ1n) is 8.86. The van der Waals surface area contributed by atoms with Crippen molar-refractivity contribution < 1.29 is 19.1 Å². The first-order valence-corrected chi connectivity index (χ1v) is 8.86. The summed E-state index contributed by atoms with van der Waals surface area (Å²) in [5.74, 6) is 0.538. The molecule has 0 fully saturated rings. The third kappa shape index (κ3) is 6.02. The number of ether oxygens (including phenoxy) is 2. The van der Waals surface area contributed by atoms with Crippen molar-refractivity contribution in [1.82, 2.24) is 4.90 Å². The second-order valence-corrected chi connectivity index (χ2v) is 6.28. The molecule has 0 aromatic heterocycles. The molecule has 0 heterocycles. The van der Waals surface area contributed by atoms with E-state index in [1.807, 2.05) is 51.1 Å². The van der Waals surface area contributed by atoms with E-state index in [4.69, 9.17) is 9.47 Å². The van der Waals surface area contributed by atoms with Crippen LogP contribution in [0, 0.1) is 13.8 Å². The minimum atomic E-state index is -0.294. The maximum absolute atomic E-state index is 12.3. The summed E-state index contributed by atoms with van der Waals surface area (Å²) in [5.41, 5.74) is 2.78. The molecule has 27 heavy (non-hydrogen) atoms. The number of anilines is 1. The van der Waals surface area contributed by atoms with Crippen LogP contribution >= 0.6 is 0 Å². The molecule has 0 saturated heterocycles. The third-order valence-corrected chi connectivity index (χ3v) is 3.97. The number of amides is 2. The Kier molecular flexibility index (Phi) is 7.23. The van der Waals surface area contributed by atoms with Crippen LogP contribution in [0.15, 0.2) is 42.5 Å². The average molecular weight is 370 g/mol. The molecule has 0 bridgehead atoms.